The van der Waals surface area contributed by atoms with Crippen molar-refractivity contribution >= 4 is 17.6 Å². The van der Waals surface area contributed by atoms with E-state index in [1.165, 1.54) is 6.07 Å². The fraction of sp³-hybridized carbons (Fsp3) is 0.625. The molecular formula is C16H25FN4O2. The highest BCUT2D eigenvalue weighted by atomic mass is 19.1. The number of nitrogen functional groups attached to an aromatic ring is 1. The van der Waals surface area contributed by atoms with E-state index in [9.17, 15) is 9.18 Å². The van der Waals surface area contributed by atoms with Crippen LogP contribution in [0.1, 0.15) is 34.1 Å². The van der Waals surface area contributed by atoms with Gasteiger partial charge in [0.05, 0.1) is 17.9 Å². The average molecular weight is 324 g/mol. The number of rotatable bonds is 2. The number of carbonyl (C=O) groups is 1. The van der Waals surface area contributed by atoms with E-state index in [2.05, 4.69) is 4.98 Å². The van der Waals surface area contributed by atoms with Gasteiger partial charge in [0.25, 0.3) is 0 Å². The number of carbonyl (C=O) groups excluding carboxylic acids is 1. The highest BCUT2D eigenvalue weighted by Gasteiger charge is 2.32. The molecule has 1 aromatic heterocycles. The molecule has 128 valence electrons. The Morgan fingerprint density at radius 3 is 2.74 bits per heavy atom. The second-order valence-corrected chi connectivity index (χ2v) is 6.74. The monoisotopic (exact) mass is 324 g/mol. The Labute approximate surface area is 136 Å². The Balaban J connectivity index is 2.09. The summed E-state index contributed by atoms with van der Waals surface area (Å²) in [6.45, 7) is 9.31. The lowest BCUT2D eigenvalue weighted by atomic mass is 10.1. The van der Waals surface area contributed by atoms with E-state index >= 15 is 0 Å². The number of piperazine rings is 1. The van der Waals surface area contributed by atoms with Gasteiger partial charge in [-0.05, 0) is 27.2 Å². The van der Waals surface area contributed by atoms with Gasteiger partial charge >= 0.3 is 6.09 Å². The molecule has 1 fully saturated rings. The van der Waals surface area contributed by atoms with E-state index in [1.807, 2.05) is 32.6 Å². The molecule has 0 radical (unpaired) electrons. The van der Waals surface area contributed by atoms with Crippen molar-refractivity contribution in [3.8, 4) is 0 Å². The van der Waals surface area contributed by atoms with E-state index in [-0.39, 0.29) is 18.0 Å². The molecule has 0 unspecified atom stereocenters. The normalized spacial score (nSPS) is 18.9. The summed E-state index contributed by atoms with van der Waals surface area (Å²) in [5.41, 5.74) is 5.58. The van der Waals surface area contributed by atoms with Gasteiger partial charge in [0, 0.05) is 25.7 Å². The second-order valence-electron chi connectivity index (χ2n) is 6.74. The van der Waals surface area contributed by atoms with Crippen LogP contribution in [0.4, 0.5) is 20.7 Å². The van der Waals surface area contributed by atoms with Gasteiger partial charge in [0.2, 0.25) is 0 Å². The Kier molecular flexibility index (Phi) is 4.97. The molecule has 1 amide bonds. The van der Waals surface area contributed by atoms with Gasteiger partial charge in [0.1, 0.15) is 5.60 Å². The van der Waals surface area contributed by atoms with E-state index in [0.29, 0.717) is 25.3 Å². The second kappa shape index (κ2) is 6.60. The van der Waals surface area contributed by atoms with Gasteiger partial charge in [-0.1, -0.05) is 6.92 Å². The van der Waals surface area contributed by atoms with Crippen molar-refractivity contribution in [3.05, 3.63) is 18.1 Å². The van der Waals surface area contributed by atoms with Gasteiger partial charge < -0.3 is 20.3 Å². The third-order valence-corrected chi connectivity index (χ3v) is 3.80. The van der Waals surface area contributed by atoms with Crippen LogP contribution in [0, 0.1) is 5.82 Å². The lowest BCUT2D eigenvalue weighted by molar-refractivity contribution is 0.0136. The summed E-state index contributed by atoms with van der Waals surface area (Å²) >= 11 is 0. The van der Waals surface area contributed by atoms with Gasteiger partial charge in [-0.15, -0.1) is 0 Å². The first kappa shape index (κ1) is 17.3. The third-order valence-electron chi connectivity index (χ3n) is 3.80. The van der Waals surface area contributed by atoms with Crippen LogP contribution in [0.3, 0.4) is 0 Å². The number of amides is 1. The van der Waals surface area contributed by atoms with Crippen LogP contribution in [0.5, 0.6) is 0 Å². The minimum absolute atomic E-state index is 0.0132. The minimum atomic E-state index is -0.523. The standard InChI is InChI=1S/C16H25FN4O2/c1-5-11-10-20(12-8-13(17)14(18)19-9-12)6-7-21(11)15(22)23-16(2,3)4/h8-9,11H,5-7,10H2,1-4H3,(H2,18,19)/t11-/m0/s1. The fourth-order valence-corrected chi connectivity index (χ4v) is 2.61. The highest BCUT2D eigenvalue weighted by molar-refractivity contribution is 5.69. The summed E-state index contributed by atoms with van der Waals surface area (Å²) in [6, 6.07) is 1.40. The summed E-state index contributed by atoms with van der Waals surface area (Å²) < 4.78 is 19.1. The molecule has 1 aromatic rings. The summed E-state index contributed by atoms with van der Waals surface area (Å²) in [7, 11) is 0. The van der Waals surface area contributed by atoms with Gasteiger partial charge in [0.15, 0.2) is 11.6 Å². The number of nitrogens with two attached hydrogens (primary N) is 1. The highest BCUT2D eigenvalue weighted by Crippen LogP contribution is 2.23. The largest absolute Gasteiger partial charge is 0.444 e. The first-order valence-corrected chi connectivity index (χ1v) is 7.87. The van der Waals surface area contributed by atoms with Gasteiger partial charge in [-0.3, -0.25) is 0 Å². The number of aromatic nitrogens is 1. The number of hydrogen-bond acceptors (Lipinski definition) is 5. The van der Waals surface area contributed by atoms with E-state index in [0.717, 1.165) is 6.42 Å². The van der Waals surface area contributed by atoms with E-state index < -0.39 is 11.4 Å². The van der Waals surface area contributed by atoms with Crippen LogP contribution in [-0.2, 0) is 4.74 Å². The van der Waals surface area contributed by atoms with Crippen LogP contribution in [0.2, 0.25) is 0 Å². The van der Waals surface area contributed by atoms with Crippen molar-refractivity contribution in [1.29, 1.82) is 0 Å². The SMILES string of the molecule is CC[C@H]1CN(c2cnc(N)c(F)c2)CCN1C(=O)OC(C)(C)C. The third kappa shape index (κ3) is 4.24. The molecule has 0 aliphatic carbocycles. The summed E-state index contributed by atoms with van der Waals surface area (Å²) in [6.07, 6.45) is 2.06. The molecule has 1 aliphatic rings. The number of anilines is 2. The van der Waals surface area contributed by atoms with Gasteiger partial charge in [-0.2, -0.15) is 0 Å². The lowest BCUT2D eigenvalue weighted by Crippen LogP contribution is -2.56. The van der Waals surface area contributed by atoms with Crippen LogP contribution < -0.4 is 10.6 Å². The van der Waals surface area contributed by atoms with Crippen molar-refractivity contribution in [2.45, 2.75) is 45.8 Å². The quantitative estimate of drug-likeness (QED) is 0.905. The molecule has 0 saturated carbocycles. The maximum Gasteiger partial charge on any atom is 0.410 e. The fourth-order valence-electron chi connectivity index (χ4n) is 2.61. The summed E-state index contributed by atoms with van der Waals surface area (Å²) in [4.78, 5) is 20.0. The molecule has 0 spiro atoms. The number of halogens is 1. The lowest BCUT2D eigenvalue weighted by Gasteiger charge is -2.42. The van der Waals surface area contributed by atoms with Crippen molar-refractivity contribution < 1.29 is 13.9 Å². The molecule has 1 atom stereocenters. The average Bonchev–Trinajstić information content (AvgIpc) is 2.47. The maximum atomic E-state index is 13.6. The van der Waals surface area contributed by atoms with Crippen molar-refractivity contribution in [3.63, 3.8) is 0 Å². The molecule has 2 heterocycles. The number of hydrogen-bond donors (Lipinski definition) is 1. The first-order chi connectivity index (χ1) is 10.7. The minimum Gasteiger partial charge on any atom is -0.444 e. The molecule has 1 saturated heterocycles. The van der Waals surface area contributed by atoms with Crippen molar-refractivity contribution in [2.75, 3.05) is 30.3 Å². The predicted octanol–water partition coefficient (Wildman–Crippen LogP) is 2.64. The smallest absolute Gasteiger partial charge is 0.410 e. The molecule has 6 nitrogen and oxygen atoms in total. The molecule has 23 heavy (non-hydrogen) atoms. The molecule has 0 bridgehead atoms. The molecule has 2 N–H and O–H groups in total. The number of pyridine rings is 1. The van der Waals surface area contributed by atoms with Crippen LogP contribution in [0.15, 0.2) is 12.3 Å². The zero-order chi connectivity index (χ0) is 17.2. The van der Waals surface area contributed by atoms with Crippen molar-refractivity contribution in [1.82, 2.24) is 9.88 Å². The molecule has 0 aromatic carbocycles. The zero-order valence-electron chi connectivity index (χ0n) is 14.2. The number of ether oxygens (including phenoxy) is 1. The predicted molar refractivity (Wildman–Crippen MR) is 87.8 cm³/mol. The summed E-state index contributed by atoms with van der Waals surface area (Å²) in [5, 5.41) is 0. The molecule has 2 rings (SSSR count). The van der Waals surface area contributed by atoms with Crippen LogP contribution in [-0.4, -0.2) is 47.3 Å². The molecular weight excluding hydrogens is 299 g/mol. The van der Waals surface area contributed by atoms with Crippen molar-refractivity contribution in [2.24, 2.45) is 0 Å². The van der Waals surface area contributed by atoms with Gasteiger partial charge in [-0.25, -0.2) is 14.2 Å². The Bertz CT molecular complexity index is 574. The first-order valence-electron chi connectivity index (χ1n) is 7.87. The molecule has 7 heteroatoms. The van der Waals surface area contributed by atoms with Crippen LogP contribution >= 0.6 is 0 Å². The number of nitrogens with zero attached hydrogens (tertiary/aromatic N) is 3. The topological polar surface area (TPSA) is 71.7 Å². The zero-order valence-corrected chi connectivity index (χ0v) is 14.2. The molecule has 1 aliphatic heterocycles. The van der Waals surface area contributed by atoms with E-state index in [4.69, 9.17) is 10.5 Å². The van der Waals surface area contributed by atoms with E-state index in [1.54, 1.807) is 11.1 Å². The van der Waals surface area contributed by atoms with Crippen LogP contribution in [0.25, 0.3) is 0 Å². The maximum absolute atomic E-state index is 13.6. The Morgan fingerprint density at radius 2 is 2.17 bits per heavy atom. The summed E-state index contributed by atoms with van der Waals surface area (Å²) in [5.74, 6) is -0.627. The Hall–Kier alpha value is -2.05. The Morgan fingerprint density at radius 1 is 1.48 bits per heavy atom.